The van der Waals surface area contributed by atoms with Crippen LogP contribution in [0.15, 0.2) is 29.3 Å². The van der Waals surface area contributed by atoms with Gasteiger partial charge in [0.1, 0.15) is 24.3 Å². The first-order valence-corrected chi connectivity index (χ1v) is 11.4. The van der Waals surface area contributed by atoms with Crippen LogP contribution in [0.4, 0.5) is 4.39 Å². The lowest BCUT2D eigenvalue weighted by atomic mass is 9.95. The van der Waals surface area contributed by atoms with Gasteiger partial charge in [-0.25, -0.2) is 4.39 Å². The highest BCUT2D eigenvalue weighted by molar-refractivity contribution is 14.0. The zero-order valence-electron chi connectivity index (χ0n) is 17.1. The van der Waals surface area contributed by atoms with E-state index < -0.39 is 16.9 Å². The van der Waals surface area contributed by atoms with Crippen molar-refractivity contribution in [2.45, 2.75) is 56.9 Å². The maximum Gasteiger partial charge on any atom is 0.191 e. The van der Waals surface area contributed by atoms with Crippen LogP contribution in [0.3, 0.4) is 0 Å². The van der Waals surface area contributed by atoms with E-state index >= 15 is 0 Å². The number of ether oxygens (including phenoxy) is 1. The number of nitrogens with zero attached hydrogens (tertiary/aromatic N) is 1. The van der Waals surface area contributed by atoms with Gasteiger partial charge in [-0.2, -0.15) is 0 Å². The van der Waals surface area contributed by atoms with E-state index in [1.165, 1.54) is 24.3 Å². The standard InChI is InChI=1S/C20H32FN3O3S.HI/c1-3-22-20(24-16-6-5-7-19(12-16)28(26)4-2)23-13-17(25)14-27-18-10-8-15(21)9-11-18;/h8-11,16-17,19,25H,3-7,12-14H2,1-2H3,(H2,22,23,24);1H. The van der Waals surface area contributed by atoms with Gasteiger partial charge in [-0.1, -0.05) is 13.3 Å². The molecular weight excluding hydrogens is 508 g/mol. The lowest BCUT2D eigenvalue weighted by molar-refractivity contribution is 0.114. The van der Waals surface area contributed by atoms with E-state index in [-0.39, 0.29) is 54.2 Å². The number of nitrogens with one attached hydrogen (secondary N) is 2. The van der Waals surface area contributed by atoms with Gasteiger partial charge in [-0.3, -0.25) is 9.20 Å². The Balaban J connectivity index is 0.00000420. The van der Waals surface area contributed by atoms with Crippen LogP contribution in [-0.2, 0) is 10.8 Å². The van der Waals surface area contributed by atoms with Crippen LogP contribution in [0.1, 0.15) is 39.5 Å². The fraction of sp³-hybridized carbons (Fsp3) is 0.650. The summed E-state index contributed by atoms with van der Waals surface area (Å²) in [6.07, 6.45) is 3.21. The number of aliphatic imine (C=N–C) groups is 1. The maximum absolute atomic E-state index is 12.9. The number of rotatable bonds is 9. The van der Waals surface area contributed by atoms with Crippen LogP contribution >= 0.6 is 24.0 Å². The lowest BCUT2D eigenvalue weighted by Crippen LogP contribution is -2.47. The first kappa shape index (κ1) is 26.1. The average Bonchev–Trinajstić information content (AvgIpc) is 2.71. The van der Waals surface area contributed by atoms with Crippen molar-refractivity contribution in [3.8, 4) is 5.75 Å². The molecule has 4 atom stereocenters. The molecule has 0 spiro atoms. The Morgan fingerprint density at radius 3 is 2.72 bits per heavy atom. The molecule has 1 aromatic rings. The summed E-state index contributed by atoms with van der Waals surface area (Å²) >= 11 is 0. The molecule has 0 amide bonds. The summed E-state index contributed by atoms with van der Waals surface area (Å²) in [6.45, 7) is 4.93. The van der Waals surface area contributed by atoms with Gasteiger partial charge in [0.15, 0.2) is 5.96 Å². The molecule has 1 aliphatic carbocycles. The highest BCUT2D eigenvalue weighted by atomic mass is 127. The second-order valence-corrected chi connectivity index (χ2v) is 8.94. The van der Waals surface area contributed by atoms with Crippen molar-refractivity contribution in [3.63, 3.8) is 0 Å². The summed E-state index contributed by atoms with van der Waals surface area (Å²) in [5.74, 6) is 1.53. The topological polar surface area (TPSA) is 83.0 Å². The third-order valence-corrected chi connectivity index (χ3v) is 6.42. The van der Waals surface area contributed by atoms with Crippen molar-refractivity contribution in [1.29, 1.82) is 0 Å². The van der Waals surface area contributed by atoms with Gasteiger partial charge in [0.25, 0.3) is 0 Å². The van der Waals surface area contributed by atoms with Gasteiger partial charge in [0.2, 0.25) is 0 Å². The van der Waals surface area contributed by atoms with Crippen molar-refractivity contribution >= 4 is 40.7 Å². The van der Waals surface area contributed by atoms with Gasteiger partial charge >= 0.3 is 0 Å². The van der Waals surface area contributed by atoms with Crippen molar-refractivity contribution < 1.29 is 18.4 Å². The number of hydrogen-bond donors (Lipinski definition) is 3. The van der Waals surface area contributed by atoms with Crippen molar-refractivity contribution in [1.82, 2.24) is 10.6 Å². The van der Waals surface area contributed by atoms with Crippen molar-refractivity contribution in [2.75, 3.05) is 25.4 Å². The van der Waals surface area contributed by atoms with E-state index in [0.717, 1.165) is 25.7 Å². The van der Waals surface area contributed by atoms with Crippen LogP contribution in [0, 0.1) is 5.82 Å². The molecule has 6 nitrogen and oxygen atoms in total. The van der Waals surface area contributed by atoms with Gasteiger partial charge in [0, 0.05) is 34.4 Å². The van der Waals surface area contributed by atoms with Gasteiger partial charge in [0.05, 0.1) is 6.54 Å². The zero-order chi connectivity index (χ0) is 20.4. The molecule has 1 aromatic carbocycles. The van der Waals surface area contributed by atoms with Gasteiger partial charge in [-0.15, -0.1) is 24.0 Å². The fourth-order valence-corrected chi connectivity index (χ4v) is 4.58. The highest BCUT2D eigenvalue weighted by Gasteiger charge is 2.26. The van der Waals surface area contributed by atoms with E-state index in [9.17, 15) is 13.7 Å². The largest absolute Gasteiger partial charge is 0.491 e. The minimum absolute atomic E-state index is 0. The molecule has 0 aliphatic heterocycles. The number of benzene rings is 1. The molecule has 9 heteroatoms. The average molecular weight is 541 g/mol. The Hall–Kier alpha value is -0.940. The quantitative estimate of drug-likeness (QED) is 0.255. The molecule has 1 saturated carbocycles. The Bertz CT molecular complexity index is 648. The molecule has 1 aliphatic rings. The summed E-state index contributed by atoms with van der Waals surface area (Å²) in [4.78, 5) is 4.45. The molecule has 0 saturated heterocycles. The lowest BCUT2D eigenvalue weighted by Gasteiger charge is -2.30. The second kappa shape index (κ2) is 14.1. The predicted molar refractivity (Wildman–Crippen MR) is 127 cm³/mol. The minimum atomic E-state index is -0.771. The maximum atomic E-state index is 12.9. The predicted octanol–water partition coefficient (Wildman–Crippen LogP) is 2.82. The van der Waals surface area contributed by atoms with Gasteiger partial charge < -0.3 is 20.5 Å². The van der Waals surface area contributed by atoms with Crippen LogP contribution in [0.25, 0.3) is 0 Å². The van der Waals surface area contributed by atoms with Crippen LogP contribution in [0.2, 0.25) is 0 Å². The molecule has 0 bridgehead atoms. The van der Waals surface area contributed by atoms with Crippen LogP contribution in [-0.4, -0.2) is 58.1 Å². The van der Waals surface area contributed by atoms with Gasteiger partial charge in [-0.05, 0) is 50.5 Å². The Kier molecular flexibility index (Phi) is 12.7. The first-order valence-electron chi connectivity index (χ1n) is 10.00. The fourth-order valence-electron chi connectivity index (χ4n) is 3.24. The number of hydrogen-bond acceptors (Lipinski definition) is 4. The van der Waals surface area contributed by atoms with E-state index in [2.05, 4.69) is 15.6 Å². The number of guanidine groups is 1. The molecular formula is C20H33FIN3O3S. The second-order valence-electron chi connectivity index (χ2n) is 6.94. The minimum Gasteiger partial charge on any atom is -0.491 e. The molecule has 0 aromatic heterocycles. The molecule has 29 heavy (non-hydrogen) atoms. The van der Waals surface area contributed by atoms with Crippen molar-refractivity contribution in [2.24, 2.45) is 4.99 Å². The third-order valence-electron chi connectivity index (χ3n) is 4.68. The molecule has 4 unspecified atom stereocenters. The number of aliphatic hydroxyl groups is 1. The molecule has 0 heterocycles. The number of halogens is 2. The SMILES string of the molecule is CCNC(=NCC(O)COc1ccc(F)cc1)NC1CCCC(S(=O)CC)C1.I. The van der Waals surface area contributed by atoms with Crippen molar-refractivity contribution in [3.05, 3.63) is 30.1 Å². The molecule has 1 fully saturated rings. The monoisotopic (exact) mass is 541 g/mol. The molecule has 166 valence electrons. The van der Waals surface area contributed by atoms with Crippen LogP contribution < -0.4 is 15.4 Å². The first-order chi connectivity index (χ1) is 13.5. The van der Waals surface area contributed by atoms with E-state index in [0.29, 0.717) is 24.0 Å². The summed E-state index contributed by atoms with van der Waals surface area (Å²) in [5.41, 5.74) is 0. The normalized spacial score (nSPS) is 21.6. The third kappa shape index (κ3) is 9.61. The van der Waals surface area contributed by atoms with E-state index in [4.69, 9.17) is 4.74 Å². The number of aliphatic hydroxyl groups excluding tert-OH is 1. The summed E-state index contributed by atoms with van der Waals surface area (Å²) in [5, 5.41) is 17.0. The Morgan fingerprint density at radius 1 is 1.34 bits per heavy atom. The summed E-state index contributed by atoms with van der Waals surface area (Å²) in [6, 6.07) is 5.92. The zero-order valence-corrected chi connectivity index (χ0v) is 20.3. The molecule has 0 radical (unpaired) electrons. The van der Waals surface area contributed by atoms with Crippen LogP contribution in [0.5, 0.6) is 5.75 Å². The molecule has 3 N–H and O–H groups in total. The molecule has 2 rings (SSSR count). The van der Waals surface area contributed by atoms with E-state index in [1.807, 2.05) is 13.8 Å². The summed E-state index contributed by atoms with van der Waals surface area (Å²) < 4.78 is 30.5. The van der Waals surface area contributed by atoms with E-state index in [1.54, 1.807) is 0 Å². The Morgan fingerprint density at radius 2 is 2.07 bits per heavy atom. The smallest absolute Gasteiger partial charge is 0.191 e. The highest BCUT2D eigenvalue weighted by Crippen LogP contribution is 2.23. The summed E-state index contributed by atoms with van der Waals surface area (Å²) in [7, 11) is -0.767. The Labute approximate surface area is 192 Å².